The lowest BCUT2D eigenvalue weighted by atomic mass is 10.1. The molecule has 0 amide bonds. The molecule has 1 aliphatic rings. The van der Waals surface area contributed by atoms with E-state index in [0.29, 0.717) is 24.3 Å². The number of sulfone groups is 1. The van der Waals surface area contributed by atoms with E-state index in [9.17, 15) is 18.3 Å². The SMILES string of the molecule is Cc1cccc(N2CCS(=O)(=O)CC2)c1C(=O)O. The number of hydrogen-bond donors (Lipinski definition) is 1. The van der Waals surface area contributed by atoms with Crippen LogP contribution in [0.1, 0.15) is 15.9 Å². The maximum absolute atomic E-state index is 11.4. The van der Waals surface area contributed by atoms with Gasteiger partial charge in [-0.3, -0.25) is 0 Å². The third-order valence-corrected chi connectivity index (χ3v) is 4.76. The number of nitrogens with zero attached hydrogens (tertiary/aromatic N) is 1. The maximum Gasteiger partial charge on any atom is 0.338 e. The summed E-state index contributed by atoms with van der Waals surface area (Å²) < 4.78 is 22.7. The van der Waals surface area contributed by atoms with Gasteiger partial charge in [0.25, 0.3) is 0 Å². The molecule has 0 atom stereocenters. The molecule has 18 heavy (non-hydrogen) atoms. The third kappa shape index (κ3) is 2.48. The molecule has 1 aliphatic heterocycles. The van der Waals surface area contributed by atoms with Gasteiger partial charge in [0.1, 0.15) is 0 Å². The Morgan fingerprint density at radius 2 is 1.89 bits per heavy atom. The van der Waals surface area contributed by atoms with Crippen LogP contribution in [0.4, 0.5) is 5.69 Å². The summed E-state index contributed by atoms with van der Waals surface area (Å²) in [7, 11) is -2.96. The molecule has 1 aromatic carbocycles. The van der Waals surface area contributed by atoms with Gasteiger partial charge in [0.05, 0.1) is 22.8 Å². The molecule has 0 unspecified atom stereocenters. The molecule has 98 valence electrons. The summed E-state index contributed by atoms with van der Waals surface area (Å²) in [6.07, 6.45) is 0. The number of carboxylic acids is 1. The Balaban J connectivity index is 2.35. The predicted octanol–water partition coefficient (Wildman–Crippen LogP) is 0.928. The van der Waals surface area contributed by atoms with Crippen molar-refractivity contribution in [1.29, 1.82) is 0 Å². The highest BCUT2D eigenvalue weighted by Crippen LogP contribution is 2.25. The maximum atomic E-state index is 11.4. The Morgan fingerprint density at radius 1 is 1.28 bits per heavy atom. The second-order valence-corrected chi connectivity index (χ2v) is 6.72. The number of hydrogen-bond acceptors (Lipinski definition) is 4. The van der Waals surface area contributed by atoms with Crippen LogP contribution in [0, 0.1) is 6.92 Å². The fourth-order valence-corrected chi connectivity index (χ4v) is 3.35. The average molecular weight is 269 g/mol. The van der Waals surface area contributed by atoms with Crippen molar-refractivity contribution in [3.8, 4) is 0 Å². The Kier molecular flexibility index (Phi) is 3.30. The van der Waals surface area contributed by atoms with Gasteiger partial charge in [0.2, 0.25) is 0 Å². The number of benzene rings is 1. The van der Waals surface area contributed by atoms with Crippen molar-refractivity contribution in [2.75, 3.05) is 29.5 Å². The van der Waals surface area contributed by atoms with Crippen molar-refractivity contribution < 1.29 is 18.3 Å². The van der Waals surface area contributed by atoms with Crippen molar-refractivity contribution in [2.24, 2.45) is 0 Å². The van der Waals surface area contributed by atoms with Crippen LogP contribution in [0.15, 0.2) is 18.2 Å². The third-order valence-electron chi connectivity index (χ3n) is 3.15. The van der Waals surface area contributed by atoms with Crippen molar-refractivity contribution in [3.63, 3.8) is 0 Å². The standard InChI is InChI=1S/C12H15NO4S/c1-9-3-2-4-10(11(9)12(14)15)13-5-7-18(16,17)8-6-13/h2-4H,5-8H2,1H3,(H,14,15). The van der Waals surface area contributed by atoms with Crippen LogP contribution in [0.25, 0.3) is 0 Å². The van der Waals surface area contributed by atoms with Crippen molar-refractivity contribution in [3.05, 3.63) is 29.3 Å². The summed E-state index contributed by atoms with van der Waals surface area (Å²) in [6, 6.07) is 5.27. The average Bonchev–Trinajstić information content (AvgIpc) is 2.28. The monoisotopic (exact) mass is 269 g/mol. The fraction of sp³-hybridized carbons (Fsp3) is 0.417. The molecule has 0 bridgehead atoms. The van der Waals surface area contributed by atoms with E-state index in [1.165, 1.54) is 0 Å². The van der Waals surface area contributed by atoms with Gasteiger partial charge in [-0.1, -0.05) is 12.1 Å². The predicted molar refractivity (Wildman–Crippen MR) is 69.0 cm³/mol. The van der Waals surface area contributed by atoms with Crippen LogP contribution in [0.5, 0.6) is 0 Å². The summed E-state index contributed by atoms with van der Waals surface area (Å²) in [5.74, 6) is -0.809. The second-order valence-electron chi connectivity index (χ2n) is 4.41. The molecule has 0 spiro atoms. The summed E-state index contributed by atoms with van der Waals surface area (Å²) in [5.41, 5.74) is 1.56. The second kappa shape index (κ2) is 4.61. The number of carbonyl (C=O) groups is 1. The van der Waals surface area contributed by atoms with E-state index in [0.717, 1.165) is 0 Å². The number of aromatic carboxylic acids is 1. The van der Waals surface area contributed by atoms with Gasteiger partial charge in [0, 0.05) is 13.1 Å². The minimum atomic E-state index is -2.96. The Morgan fingerprint density at radius 3 is 2.44 bits per heavy atom. The molecule has 1 N–H and O–H groups in total. The summed E-state index contributed by atoms with van der Waals surface area (Å²) in [4.78, 5) is 13.1. The smallest absolute Gasteiger partial charge is 0.338 e. The molecule has 1 saturated heterocycles. The molecule has 1 fully saturated rings. The minimum absolute atomic E-state index is 0.0833. The summed E-state index contributed by atoms with van der Waals surface area (Å²) in [5, 5.41) is 9.23. The zero-order valence-corrected chi connectivity index (χ0v) is 10.9. The topological polar surface area (TPSA) is 74.7 Å². The van der Waals surface area contributed by atoms with E-state index < -0.39 is 15.8 Å². The number of rotatable bonds is 2. The van der Waals surface area contributed by atoms with Gasteiger partial charge in [0.15, 0.2) is 9.84 Å². The van der Waals surface area contributed by atoms with Gasteiger partial charge >= 0.3 is 5.97 Å². The number of aryl methyl sites for hydroxylation is 1. The number of anilines is 1. The van der Waals surface area contributed by atoms with Crippen molar-refractivity contribution in [1.82, 2.24) is 0 Å². The van der Waals surface area contributed by atoms with Gasteiger partial charge in [-0.15, -0.1) is 0 Å². The van der Waals surface area contributed by atoms with E-state index in [1.807, 2.05) is 4.90 Å². The summed E-state index contributed by atoms with van der Waals surface area (Å²) in [6.45, 7) is 2.45. The molecule has 0 aromatic heterocycles. The van der Waals surface area contributed by atoms with E-state index >= 15 is 0 Å². The Hall–Kier alpha value is -1.56. The minimum Gasteiger partial charge on any atom is -0.478 e. The molecule has 2 rings (SSSR count). The normalized spacial score (nSPS) is 18.6. The highest BCUT2D eigenvalue weighted by Gasteiger charge is 2.25. The Labute approximate surface area is 106 Å². The highest BCUT2D eigenvalue weighted by molar-refractivity contribution is 7.91. The van der Waals surface area contributed by atoms with Crippen molar-refractivity contribution in [2.45, 2.75) is 6.92 Å². The first-order valence-electron chi connectivity index (χ1n) is 5.69. The van der Waals surface area contributed by atoms with E-state index in [2.05, 4.69) is 0 Å². The van der Waals surface area contributed by atoms with Crippen LogP contribution >= 0.6 is 0 Å². The van der Waals surface area contributed by atoms with E-state index in [-0.39, 0.29) is 17.1 Å². The van der Waals surface area contributed by atoms with E-state index in [4.69, 9.17) is 0 Å². The molecule has 0 saturated carbocycles. The van der Waals surface area contributed by atoms with Crippen LogP contribution in [-0.4, -0.2) is 44.1 Å². The highest BCUT2D eigenvalue weighted by atomic mass is 32.2. The van der Waals surface area contributed by atoms with Crippen LogP contribution < -0.4 is 4.90 Å². The van der Waals surface area contributed by atoms with Gasteiger partial charge < -0.3 is 10.0 Å². The van der Waals surface area contributed by atoms with Gasteiger partial charge in [-0.25, -0.2) is 13.2 Å². The Bertz CT molecular complexity index is 566. The molecule has 0 radical (unpaired) electrons. The summed E-state index contributed by atoms with van der Waals surface area (Å²) >= 11 is 0. The molecular formula is C12H15NO4S. The molecule has 6 heteroatoms. The van der Waals surface area contributed by atoms with Crippen LogP contribution in [0.3, 0.4) is 0 Å². The molecular weight excluding hydrogens is 254 g/mol. The molecule has 5 nitrogen and oxygen atoms in total. The number of carboxylic acid groups (broad SMARTS) is 1. The lowest BCUT2D eigenvalue weighted by molar-refractivity contribution is 0.0697. The first-order valence-corrected chi connectivity index (χ1v) is 7.51. The zero-order chi connectivity index (χ0) is 13.3. The van der Waals surface area contributed by atoms with Crippen LogP contribution in [-0.2, 0) is 9.84 Å². The van der Waals surface area contributed by atoms with Gasteiger partial charge in [-0.05, 0) is 18.6 Å². The first-order chi connectivity index (χ1) is 8.41. The molecule has 0 aliphatic carbocycles. The van der Waals surface area contributed by atoms with Gasteiger partial charge in [-0.2, -0.15) is 0 Å². The quantitative estimate of drug-likeness (QED) is 0.864. The zero-order valence-electron chi connectivity index (χ0n) is 10.1. The largest absolute Gasteiger partial charge is 0.478 e. The molecule has 1 aromatic rings. The lowest BCUT2D eigenvalue weighted by Gasteiger charge is -2.30. The molecule has 1 heterocycles. The lowest BCUT2D eigenvalue weighted by Crippen LogP contribution is -2.41. The van der Waals surface area contributed by atoms with Crippen LogP contribution in [0.2, 0.25) is 0 Å². The fourth-order valence-electron chi connectivity index (χ4n) is 2.15. The van der Waals surface area contributed by atoms with E-state index in [1.54, 1.807) is 25.1 Å². The first kappa shape index (κ1) is 12.9. The van der Waals surface area contributed by atoms with Crippen molar-refractivity contribution >= 4 is 21.5 Å².